The second kappa shape index (κ2) is 10.1. The van der Waals surface area contributed by atoms with Crippen molar-refractivity contribution in [2.45, 2.75) is 0 Å². The first kappa shape index (κ1) is 21.0. The molecule has 0 saturated heterocycles. The van der Waals surface area contributed by atoms with Gasteiger partial charge in [-0.2, -0.15) is 9.90 Å². The molecule has 0 heterocycles. The third-order valence-corrected chi connectivity index (χ3v) is 8.10. The van der Waals surface area contributed by atoms with Gasteiger partial charge >= 0.3 is 0 Å². The number of rotatable bonds is 5. The molecular weight excluding hydrogens is 398 g/mol. The van der Waals surface area contributed by atoms with E-state index in [-0.39, 0.29) is 26.9 Å². The number of halogens is 1. The van der Waals surface area contributed by atoms with Crippen LogP contribution in [0.1, 0.15) is 0 Å². The lowest BCUT2D eigenvalue weighted by atomic mass is 10.4. The largest absolute Gasteiger partial charge is 1.00 e. The molecule has 1 atom stereocenters. The van der Waals surface area contributed by atoms with Crippen LogP contribution in [-0.2, 0) is 4.74 Å². The number of hydrogen-bond donors (Lipinski definition) is 0. The molecule has 1 nitrogen and oxygen atoms in total. The zero-order chi connectivity index (χ0) is 15.3. The van der Waals surface area contributed by atoms with Crippen molar-refractivity contribution in [1.82, 2.24) is 0 Å². The van der Waals surface area contributed by atoms with Gasteiger partial charge in [0.2, 0.25) is 0 Å². The molecule has 4 heteroatoms. The highest BCUT2D eigenvalue weighted by Gasteiger charge is 2.45. The van der Waals surface area contributed by atoms with Gasteiger partial charge in [-0.1, -0.05) is 54.6 Å². The first-order valence-corrected chi connectivity index (χ1v) is 9.39. The zero-order valence-corrected chi connectivity index (χ0v) is 17.7. The van der Waals surface area contributed by atoms with Gasteiger partial charge in [-0.25, -0.2) is 0 Å². The predicted molar refractivity (Wildman–Crippen MR) is 108 cm³/mol. The van der Waals surface area contributed by atoms with E-state index in [2.05, 4.69) is 91.0 Å². The molecule has 1 unspecified atom stereocenters. The highest BCUT2D eigenvalue weighted by Crippen LogP contribution is 2.54. The molecule has 0 radical (unpaired) electrons. The SMILES string of the molecule is COC[P+](c1ccccc1)(c1ccccc1)c1ccccc1.P.[Br-]. The Kier molecular flexibility index (Phi) is 8.81. The van der Waals surface area contributed by atoms with Crippen molar-refractivity contribution < 1.29 is 21.7 Å². The maximum Gasteiger partial charge on any atom is 0.170 e. The van der Waals surface area contributed by atoms with Crippen LogP contribution in [0.25, 0.3) is 0 Å². The smallest absolute Gasteiger partial charge is 0.170 e. The molecule has 3 aromatic carbocycles. The summed E-state index contributed by atoms with van der Waals surface area (Å²) < 4.78 is 5.72. The summed E-state index contributed by atoms with van der Waals surface area (Å²) in [4.78, 5) is 0. The molecule has 0 spiro atoms. The van der Waals surface area contributed by atoms with Gasteiger partial charge in [0.15, 0.2) is 6.35 Å². The number of hydrogen-bond acceptors (Lipinski definition) is 1. The lowest BCUT2D eigenvalue weighted by molar-refractivity contribution is -0.00000464. The minimum Gasteiger partial charge on any atom is -1.00 e. The minimum atomic E-state index is -1.78. The Morgan fingerprint density at radius 2 is 0.917 bits per heavy atom. The molecule has 0 bridgehead atoms. The molecule has 3 aromatic rings. The van der Waals surface area contributed by atoms with Crippen molar-refractivity contribution >= 4 is 33.1 Å². The third-order valence-electron chi connectivity index (χ3n) is 3.91. The van der Waals surface area contributed by atoms with Crippen molar-refractivity contribution in [3.05, 3.63) is 91.0 Å². The van der Waals surface area contributed by atoms with Gasteiger partial charge in [0.1, 0.15) is 23.2 Å². The molecule has 0 saturated carbocycles. The Morgan fingerprint density at radius 1 is 0.625 bits per heavy atom. The normalized spacial score (nSPS) is 10.4. The molecule has 0 fully saturated rings. The number of methoxy groups -OCH3 is 1. The van der Waals surface area contributed by atoms with Gasteiger partial charge in [0.25, 0.3) is 0 Å². The molecule has 0 N–H and O–H groups in total. The quantitative estimate of drug-likeness (QED) is 0.550. The second-order valence-corrected chi connectivity index (χ2v) is 8.66. The summed E-state index contributed by atoms with van der Waals surface area (Å²) in [5.41, 5.74) is 0. The molecule has 126 valence electrons. The average molecular weight is 421 g/mol. The summed E-state index contributed by atoms with van der Waals surface area (Å²) in [5, 5.41) is 4.07. The molecular formula is C20H23BrOP2. The van der Waals surface area contributed by atoms with Crippen LogP contribution in [0.5, 0.6) is 0 Å². The van der Waals surface area contributed by atoms with E-state index in [0.717, 1.165) is 0 Å². The van der Waals surface area contributed by atoms with E-state index in [1.165, 1.54) is 15.9 Å². The van der Waals surface area contributed by atoms with E-state index < -0.39 is 7.26 Å². The third kappa shape index (κ3) is 4.13. The first-order valence-electron chi connectivity index (χ1n) is 7.42. The van der Waals surface area contributed by atoms with E-state index in [4.69, 9.17) is 4.74 Å². The Hall–Kier alpha value is -1.04. The highest BCUT2D eigenvalue weighted by molar-refractivity contribution is 7.95. The van der Waals surface area contributed by atoms with Crippen LogP contribution in [0.15, 0.2) is 91.0 Å². The van der Waals surface area contributed by atoms with Gasteiger partial charge in [-0.15, -0.1) is 0 Å². The summed E-state index contributed by atoms with van der Waals surface area (Å²) >= 11 is 0. The lowest BCUT2D eigenvalue weighted by Crippen LogP contribution is -3.00. The second-order valence-electron chi connectivity index (χ2n) is 5.23. The summed E-state index contributed by atoms with van der Waals surface area (Å²) in [6, 6.07) is 32.3. The Labute approximate surface area is 159 Å². The number of benzene rings is 3. The van der Waals surface area contributed by atoms with Crippen molar-refractivity contribution in [2.24, 2.45) is 0 Å². The highest BCUT2D eigenvalue weighted by atomic mass is 79.9. The fourth-order valence-electron chi connectivity index (χ4n) is 2.91. The van der Waals surface area contributed by atoms with Crippen LogP contribution in [0.3, 0.4) is 0 Å². The molecule has 0 aliphatic carbocycles. The van der Waals surface area contributed by atoms with E-state index in [0.29, 0.717) is 6.35 Å². The van der Waals surface area contributed by atoms with Crippen molar-refractivity contribution in [3.63, 3.8) is 0 Å². The van der Waals surface area contributed by atoms with Crippen molar-refractivity contribution in [1.29, 1.82) is 0 Å². The number of ether oxygens (including phenoxy) is 1. The Morgan fingerprint density at radius 3 is 1.17 bits per heavy atom. The zero-order valence-electron chi connectivity index (χ0n) is 13.8. The Balaban J connectivity index is 0.00000144. The lowest BCUT2D eigenvalue weighted by Gasteiger charge is -2.26. The van der Waals surface area contributed by atoms with Gasteiger partial charge in [-0.3, -0.25) is 0 Å². The monoisotopic (exact) mass is 420 g/mol. The van der Waals surface area contributed by atoms with Crippen LogP contribution >= 0.6 is 17.2 Å². The Bertz CT molecular complexity index is 609. The summed E-state index contributed by atoms with van der Waals surface area (Å²) in [5.74, 6) is 0. The van der Waals surface area contributed by atoms with Crippen LogP contribution in [-0.4, -0.2) is 13.5 Å². The minimum absolute atomic E-state index is 0. The van der Waals surface area contributed by atoms with Crippen LogP contribution in [0.4, 0.5) is 0 Å². The van der Waals surface area contributed by atoms with Crippen LogP contribution in [0, 0.1) is 0 Å². The van der Waals surface area contributed by atoms with E-state index in [9.17, 15) is 0 Å². The fourth-order valence-corrected chi connectivity index (χ4v) is 6.68. The van der Waals surface area contributed by atoms with Crippen LogP contribution < -0.4 is 32.9 Å². The topological polar surface area (TPSA) is 9.23 Å². The van der Waals surface area contributed by atoms with E-state index in [1.54, 1.807) is 7.11 Å². The molecule has 3 rings (SSSR count). The standard InChI is InChI=1S/C20H20OP.BrH.H3P/c1-21-17-22(18-11-5-2-6-12-18,19-13-7-3-8-14-19)20-15-9-4-10-16-20;;/h2-16H,17H2,1H3;1H;1H3/q+1;;/p-1. The van der Waals surface area contributed by atoms with Gasteiger partial charge in [0, 0.05) is 7.11 Å². The van der Waals surface area contributed by atoms with Crippen LogP contribution in [0.2, 0.25) is 0 Å². The molecule has 24 heavy (non-hydrogen) atoms. The molecule has 0 aliphatic heterocycles. The summed E-state index contributed by atoms with van der Waals surface area (Å²) in [7, 11) is 0.0197. The van der Waals surface area contributed by atoms with Gasteiger partial charge in [-0.05, 0) is 36.4 Å². The summed E-state index contributed by atoms with van der Waals surface area (Å²) in [6.45, 7) is 0. The van der Waals surface area contributed by atoms with E-state index in [1.807, 2.05) is 0 Å². The van der Waals surface area contributed by atoms with Gasteiger partial charge in [0.05, 0.1) is 0 Å². The van der Waals surface area contributed by atoms with Crippen molar-refractivity contribution in [3.8, 4) is 0 Å². The first-order chi connectivity index (χ1) is 10.9. The van der Waals surface area contributed by atoms with Crippen molar-refractivity contribution in [2.75, 3.05) is 13.5 Å². The van der Waals surface area contributed by atoms with E-state index >= 15 is 0 Å². The summed E-state index contributed by atoms with van der Waals surface area (Å²) in [6.07, 6.45) is 0.713. The fraction of sp³-hybridized carbons (Fsp3) is 0.100. The maximum absolute atomic E-state index is 5.72. The maximum atomic E-state index is 5.72. The van der Waals surface area contributed by atoms with Gasteiger partial charge < -0.3 is 21.7 Å². The predicted octanol–water partition coefficient (Wildman–Crippen LogP) is 0.646. The average Bonchev–Trinajstić information content (AvgIpc) is 2.62. The molecule has 0 aromatic heterocycles. The molecule has 0 amide bonds. The molecule has 0 aliphatic rings.